The molecule has 0 aromatic carbocycles. The zero-order chi connectivity index (χ0) is 15.4. The normalized spacial score (nSPS) is 17.0. The van der Waals surface area contributed by atoms with Gasteiger partial charge in [-0.25, -0.2) is 4.18 Å². The number of rotatable bonds is 8. The second kappa shape index (κ2) is 11.4. The molecule has 7 heteroatoms. The second-order valence-electron chi connectivity index (χ2n) is 5.32. The quantitative estimate of drug-likeness (QED) is 0.546. The van der Waals surface area contributed by atoms with Gasteiger partial charge in [-0.15, -0.1) is 0 Å². The fourth-order valence-electron chi connectivity index (χ4n) is 1.94. The van der Waals surface area contributed by atoms with Crippen molar-refractivity contribution in [3.63, 3.8) is 0 Å². The summed E-state index contributed by atoms with van der Waals surface area (Å²) >= 11 is 0. The lowest BCUT2D eigenvalue weighted by molar-refractivity contribution is 0.261. The van der Waals surface area contributed by atoms with Crippen molar-refractivity contribution in [2.75, 3.05) is 40.5 Å². The van der Waals surface area contributed by atoms with Crippen LogP contribution in [0.15, 0.2) is 0 Å². The van der Waals surface area contributed by atoms with Gasteiger partial charge in [0.15, 0.2) is 0 Å². The topological polar surface area (TPSA) is 70.1 Å². The number of nitrogens with zero attached hydrogens (tertiary/aromatic N) is 2. The van der Waals surface area contributed by atoms with Crippen LogP contribution in [0.5, 0.6) is 0 Å². The van der Waals surface area contributed by atoms with E-state index in [1.54, 1.807) is 0 Å². The second-order valence-corrected chi connectivity index (χ2v) is 6.41. The molecular weight excluding hydrogens is 280 g/mol. The highest BCUT2D eigenvalue weighted by Gasteiger charge is 2.09. The molecule has 0 aromatic rings. The summed E-state index contributed by atoms with van der Waals surface area (Å²) < 4.78 is 32.6. The van der Waals surface area contributed by atoms with Gasteiger partial charge in [0.1, 0.15) is 0 Å². The van der Waals surface area contributed by atoms with E-state index in [0.717, 1.165) is 19.5 Å². The number of unbranched alkanes of at least 4 members (excludes halogenated alkanes) is 5. The summed E-state index contributed by atoms with van der Waals surface area (Å²) in [5.41, 5.74) is 0. The van der Waals surface area contributed by atoms with Crippen LogP contribution in [-0.4, -0.2) is 63.2 Å². The minimum absolute atomic E-state index is 0.0883. The lowest BCUT2D eigenvalue weighted by atomic mass is 10.1. The fourth-order valence-corrected chi connectivity index (χ4v) is 2.27. The third-order valence-corrected chi connectivity index (χ3v) is 3.54. The van der Waals surface area contributed by atoms with Gasteiger partial charge < -0.3 is 0 Å². The minimum Gasteiger partial charge on any atom is -0.292 e. The van der Waals surface area contributed by atoms with E-state index in [1.807, 2.05) is 0 Å². The molecule has 1 fully saturated rings. The van der Waals surface area contributed by atoms with Crippen LogP contribution >= 0.6 is 0 Å². The monoisotopic (exact) mass is 310 g/mol. The molecule has 0 saturated carbocycles. The van der Waals surface area contributed by atoms with E-state index >= 15 is 0 Å². The zero-order valence-corrected chi connectivity index (χ0v) is 13.9. The van der Waals surface area contributed by atoms with Crippen molar-refractivity contribution in [3.8, 4) is 0 Å². The first-order valence-corrected chi connectivity index (χ1v) is 8.70. The molecule has 0 aromatic heterocycles. The van der Waals surface area contributed by atoms with Gasteiger partial charge in [-0.1, -0.05) is 39.0 Å². The van der Waals surface area contributed by atoms with Crippen LogP contribution in [0.1, 0.15) is 45.4 Å². The third kappa shape index (κ3) is 14.2. The van der Waals surface area contributed by atoms with E-state index in [0.29, 0.717) is 6.42 Å². The maximum atomic E-state index is 10.1. The first-order valence-electron chi connectivity index (χ1n) is 7.34. The zero-order valence-electron chi connectivity index (χ0n) is 13.0. The molecule has 1 heterocycles. The van der Waals surface area contributed by atoms with Gasteiger partial charge in [0.2, 0.25) is 0 Å². The highest BCUT2D eigenvalue weighted by molar-refractivity contribution is 7.80. The Morgan fingerprint density at radius 3 is 1.90 bits per heavy atom. The van der Waals surface area contributed by atoms with Gasteiger partial charge in [0, 0.05) is 13.1 Å². The molecule has 6 nitrogen and oxygen atoms in total. The van der Waals surface area contributed by atoms with Crippen LogP contribution in [0, 0.1) is 0 Å². The molecule has 0 spiro atoms. The molecule has 1 aliphatic rings. The molecule has 0 atom stereocenters. The largest absolute Gasteiger partial charge is 0.397 e. The Kier molecular flexibility index (Phi) is 11.3. The third-order valence-electron chi connectivity index (χ3n) is 3.08. The van der Waals surface area contributed by atoms with E-state index in [2.05, 4.69) is 35.0 Å². The Labute approximate surface area is 124 Å². The smallest absolute Gasteiger partial charge is 0.292 e. The Morgan fingerprint density at radius 1 is 1.00 bits per heavy atom. The van der Waals surface area contributed by atoms with Crippen molar-refractivity contribution in [2.45, 2.75) is 45.4 Å². The molecule has 0 amide bonds. The molecular formula is C13H30N2O4S. The summed E-state index contributed by atoms with van der Waals surface area (Å²) in [6, 6.07) is 0. The highest BCUT2D eigenvalue weighted by Crippen LogP contribution is 2.05. The highest BCUT2D eigenvalue weighted by atomic mass is 32.3. The maximum absolute atomic E-state index is 10.1. The number of hydrogen-bond donors (Lipinski definition) is 1. The van der Waals surface area contributed by atoms with Crippen molar-refractivity contribution < 1.29 is 17.2 Å². The van der Waals surface area contributed by atoms with Crippen LogP contribution in [0.2, 0.25) is 0 Å². The van der Waals surface area contributed by atoms with Crippen molar-refractivity contribution in [3.05, 3.63) is 0 Å². The van der Waals surface area contributed by atoms with E-state index < -0.39 is 10.4 Å². The molecule has 1 aliphatic heterocycles. The predicted octanol–water partition coefficient (Wildman–Crippen LogP) is 1.99. The van der Waals surface area contributed by atoms with Crippen molar-refractivity contribution in [2.24, 2.45) is 0 Å². The number of likely N-dealkylation sites (N-methyl/N-ethyl adjacent to an activating group) is 2. The van der Waals surface area contributed by atoms with Gasteiger partial charge in [-0.05, 0) is 20.5 Å². The summed E-state index contributed by atoms with van der Waals surface area (Å²) in [5, 5.41) is 0. The van der Waals surface area contributed by atoms with Crippen LogP contribution in [-0.2, 0) is 14.6 Å². The van der Waals surface area contributed by atoms with E-state index in [1.165, 1.54) is 32.4 Å². The molecule has 1 saturated heterocycles. The molecule has 0 bridgehead atoms. The van der Waals surface area contributed by atoms with E-state index in [-0.39, 0.29) is 6.61 Å². The Hall–Kier alpha value is -0.210. The Bertz CT molecular complexity index is 314. The average molecular weight is 310 g/mol. The Balaban J connectivity index is 0.000000428. The SMILES string of the molecule is CCCCCCCCOS(=O)(=O)O.CN1CCN(C)C1. The predicted molar refractivity (Wildman–Crippen MR) is 81.0 cm³/mol. The van der Waals surface area contributed by atoms with Crippen LogP contribution in [0.4, 0.5) is 0 Å². The molecule has 0 unspecified atom stereocenters. The van der Waals surface area contributed by atoms with Gasteiger partial charge in [-0.3, -0.25) is 14.4 Å². The van der Waals surface area contributed by atoms with Crippen LogP contribution in [0.25, 0.3) is 0 Å². The number of hydrogen-bond acceptors (Lipinski definition) is 5. The summed E-state index contributed by atoms with van der Waals surface area (Å²) in [6.45, 7) is 5.83. The standard InChI is InChI=1S/C8H18O4S.C5H12N2/c1-2-3-4-5-6-7-8-12-13(9,10)11;1-6-3-4-7(2)5-6/h2-8H2,1H3,(H,9,10,11);3-5H2,1-2H3. The maximum Gasteiger partial charge on any atom is 0.397 e. The summed E-state index contributed by atoms with van der Waals surface area (Å²) in [5.74, 6) is 0. The van der Waals surface area contributed by atoms with Crippen molar-refractivity contribution >= 4 is 10.4 Å². The fraction of sp³-hybridized carbons (Fsp3) is 1.00. The lowest BCUT2D eigenvalue weighted by Crippen LogP contribution is -2.17. The van der Waals surface area contributed by atoms with E-state index in [9.17, 15) is 8.42 Å². The molecule has 0 radical (unpaired) electrons. The van der Waals surface area contributed by atoms with Crippen molar-refractivity contribution in [1.82, 2.24) is 9.80 Å². The minimum atomic E-state index is -4.22. The molecule has 1 rings (SSSR count). The molecule has 20 heavy (non-hydrogen) atoms. The average Bonchev–Trinajstić information content (AvgIpc) is 2.71. The molecule has 0 aliphatic carbocycles. The summed E-state index contributed by atoms with van der Waals surface area (Å²) in [4.78, 5) is 4.61. The summed E-state index contributed by atoms with van der Waals surface area (Å²) in [6.07, 6.45) is 6.34. The molecule has 1 N–H and O–H groups in total. The summed E-state index contributed by atoms with van der Waals surface area (Å²) in [7, 11) is 0.0632. The van der Waals surface area contributed by atoms with Crippen LogP contribution < -0.4 is 0 Å². The van der Waals surface area contributed by atoms with E-state index in [4.69, 9.17) is 4.55 Å². The van der Waals surface area contributed by atoms with Crippen LogP contribution in [0.3, 0.4) is 0 Å². The van der Waals surface area contributed by atoms with Gasteiger partial charge in [0.05, 0.1) is 13.3 Å². The Morgan fingerprint density at radius 2 is 1.50 bits per heavy atom. The van der Waals surface area contributed by atoms with Gasteiger partial charge >= 0.3 is 10.4 Å². The molecule has 122 valence electrons. The van der Waals surface area contributed by atoms with Gasteiger partial charge in [0.25, 0.3) is 0 Å². The van der Waals surface area contributed by atoms with Gasteiger partial charge in [-0.2, -0.15) is 8.42 Å². The lowest BCUT2D eigenvalue weighted by Gasteiger charge is -2.06. The van der Waals surface area contributed by atoms with Crippen molar-refractivity contribution in [1.29, 1.82) is 0 Å². The first kappa shape index (κ1) is 19.8. The first-order chi connectivity index (χ1) is 9.35.